The van der Waals surface area contributed by atoms with Gasteiger partial charge in [-0.15, -0.1) is 11.3 Å². The molecule has 144 valence electrons. The van der Waals surface area contributed by atoms with Crippen LogP contribution < -0.4 is 4.72 Å². The van der Waals surface area contributed by atoms with Crippen molar-refractivity contribution in [2.24, 2.45) is 0 Å². The highest BCUT2D eigenvalue weighted by atomic mass is 35.7. The first-order chi connectivity index (χ1) is 12.2. The Balaban J connectivity index is 1.78. The van der Waals surface area contributed by atoms with Crippen molar-refractivity contribution in [3.05, 3.63) is 52.9 Å². The largest absolute Gasteiger partial charge is 0.377 e. The lowest BCUT2D eigenvalue weighted by Gasteiger charge is -2.12. The van der Waals surface area contributed by atoms with E-state index in [1.807, 2.05) is 30.3 Å². The van der Waals surface area contributed by atoms with Crippen LogP contribution in [-0.4, -0.2) is 29.2 Å². The zero-order valence-electron chi connectivity index (χ0n) is 14.1. The van der Waals surface area contributed by atoms with E-state index in [0.29, 0.717) is 24.5 Å². The molecular weight excluding hydrogens is 418 g/mol. The number of sulfonamides is 1. The summed E-state index contributed by atoms with van der Waals surface area (Å²) >= 11 is 0.947. The number of ether oxygens (including phenoxy) is 1. The zero-order chi connectivity index (χ0) is 19.2. The molecule has 0 aliphatic carbocycles. The lowest BCUT2D eigenvalue weighted by Crippen LogP contribution is -2.29. The van der Waals surface area contributed by atoms with Gasteiger partial charge in [0, 0.05) is 22.2 Å². The second-order valence-electron chi connectivity index (χ2n) is 5.64. The van der Waals surface area contributed by atoms with Gasteiger partial charge >= 0.3 is 0 Å². The number of halogens is 1. The third-order valence-electron chi connectivity index (χ3n) is 3.44. The SMILES string of the molecule is CC(NS(=O)(=O)CCCOCc1ccccc1)c1ccc(S(=O)(=O)Cl)s1. The molecule has 0 aliphatic heterocycles. The summed E-state index contributed by atoms with van der Waals surface area (Å²) in [6.45, 7) is 2.42. The molecule has 0 saturated carbocycles. The fraction of sp³-hybridized carbons (Fsp3) is 0.375. The molecular formula is C16H20ClNO5S3. The van der Waals surface area contributed by atoms with Gasteiger partial charge in [0.25, 0.3) is 9.05 Å². The van der Waals surface area contributed by atoms with E-state index in [-0.39, 0.29) is 9.96 Å². The molecule has 6 nitrogen and oxygen atoms in total. The second-order valence-corrected chi connectivity index (χ2v) is 11.4. The van der Waals surface area contributed by atoms with Crippen molar-refractivity contribution in [2.45, 2.75) is 30.2 Å². The van der Waals surface area contributed by atoms with Crippen LogP contribution in [0.3, 0.4) is 0 Å². The predicted octanol–water partition coefficient (Wildman–Crippen LogP) is 3.26. The van der Waals surface area contributed by atoms with Crippen LogP contribution in [0.15, 0.2) is 46.7 Å². The Morgan fingerprint density at radius 3 is 2.42 bits per heavy atom. The van der Waals surface area contributed by atoms with E-state index in [0.717, 1.165) is 16.9 Å². The number of rotatable bonds is 10. The summed E-state index contributed by atoms with van der Waals surface area (Å²) in [6, 6.07) is 12.0. The van der Waals surface area contributed by atoms with E-state index in [4.69, 9.17) is 15.4 Å². The van der Waals surface area contributed by atoms with Gasteiger partial charge in [-0.05, 0) is 31.0 Å². The lowest BCUT2D eigenvalue weighted by atomic mass is 10.2. The quantitative estimate of drug-likeness (QED) is 0.455. The topological polar surface area (TPSA) is 89.5 Å². The molecule has 10 heteroatoms. The normalized spacial score (nSPS) is 13.6. The van der Waals surface area contributed by atoms with Gasteiger partial charge in [0.15, 0.2) is 0 Å². The van der Waals surface area contributed by atoms with Crippen molar-refractivity contribution < 1.29 is 21.6 Å². The van der Waals surface area contributed by atoms with Crippen molar-refractivity contribution in [2.75, 3.05) is 12.4 Å². The zero-order valence-corrected chi connectivity index (χ0v) is 17.3. The van der Waals surface area contributed by atoms with E-state index in [2.05, 4.69) is 4.72 Å². The lowest BCUT2D eigenvalue weighted by molar-refractivity contribution is 0.122. The fourth-order valence-corrected chi connectivity index (χ4v) is 5.65. The molecule has 0 spiro atoms. The van der Waals surface area contributed by atoms with Crippen LogP contribution in [0.25, 0.3) is 0 Å². The molecule has 2 rings (SSSR count). The molecule has 0 radical (unpaired) electrons. The summed E-state index contributed by atoms with van der Waals surface area (Å²) < 4.78 is 54.9. The third-order valence-corrected chi connectivity index (χ3v) is 8.34. The number of nitrogens with one attached hydrogen (secondary N) is 1. The van der Waals surface area contributed by atoms with Crippen LogP contribution in [0, 0.1) is 0 Å². The molecule has 0 amide bonds. The van der Waals surface area contributed by atoms with Crippen LogP contribution in [0.1, 0.15) is 29.8 Å². The van der Waals surface area contributed by atoms with Gasteiger partial charge in [-0.25, -0.2) is 21.6 Å². The van der Waals surface area contributed by atoms with Gasteiger partial charge in [0.05, 0.1) is 18.4 Å². The number of benzene rings is 1. The highest BCUT2D eigenvalue weighted by Gasteiger charge is 2.20. The maximum atomic E-state index is 12.1. The van der Waals surface area contributed by atoms with Crippen molar-refractivity contribution in [3.8, 4) is 0 Å². The van der Waals surface area contributed by atoms with Crippen molar-refractivity contribution >= 4 is 41.1 Å². The van der Waals surface area contributed by atoms with Crippen molar-refractivity contribution in [3.63, 3.8) is 0 Å². The molecule has 1 aromatic carbocycles. The molecule has 0 saturated heterocycles. The van der Waals surface area contributed by atoms with Crippen LogP contribution in [0.4, 0.5) is 0 Å². The Morgan fingerprint density at radius 2 is 1.81 bits per heavy atom. The minimum absolute atomic E-state index is 0.00507. The van der Waals surface area contributed by atoms with E-state index in [1.165, 1.54) is 6.07 Å². The molecule has 0 bridgehead atoms. The number of hydrogen-bond donors (Lipinski definition) is 1. The van der Waals surface area contributed by atoms with Crippen LogP contribution in [0.5, 0.6) is 0 Å². The Kier molecular flexibility index (Phi) is 7.63. The minimum atomic E-state index is -3.81. The predicted molar refractivity (Wildman–Crippen MR) is 103 cm³/mol. The minimum Gasteiger partial charge on any atom is -0.377 e. The first-order valence-corrected chi connectivity index (χ1v) is 12.6. The van der Waals surface area contributed by atoms with Gasteiger partial charge in [-0.3, -0.25) is 0 Å². The van der Waals surface area contributed by atoms with E-state index in [9.17, 15) is 16.8 Å². The van der Waals surface area contributed by atoms with Gasteiger partial charge < -0.3 is 4.74 Å². The summed E-state index contributed by atoms with van der Waals surface area (Å²) in [7, 11) is -2.03. The van der Waals surface area contributed by atoms with E-state index in [1.54, 1.807) is 13.0 Å². The summed E-state index contributed by atoms with van der Waals surface area (Å²) in [6.07, 6.45) is 0.362. The first-order valence-electron chi connectivity index (χ1n) is 7.83. The summed E-state index contributed by atoms with van der Waals surface area (Å²) in [5.74, 6) is -0.0713. The Bertz CT molecular complexity index is 910. The number of hydrogen-bond acceptors (Lipinski definition) is 6. The molecule has 1 heterocycles. The van der Waals surface area contributed by atoms with Crippen molar-refractivity contribution in [1.82, 2.24) is 4.72 Å². The highest BCUT2D eigenvalue weighted by molar-refractivity contribution is 8.15. The monoisotopic (exact) mass is 437 g/mol. The standard InChI is InChI=1S/C16H20ClNO5S3/c1-13(15-8-9-16(24-15)26(17,21)22)18-25(19,20)11-5-10-23-12-14-6-3-2-4-7-14/h2-4,6-9,13,18H,5,10-12H2,1H3. The van der Waals surface area contributed by atoms with Crippen LogP contribution in [0.2, 0.25) is 0 Å². The maximum absolute atomic E-state index is 12.1. The smallest absolute Gasteiger partial charge is 0.270 e. The molecule has 1 N–H and O–H groups in total. The molecule has 26 heavy (non-hydrogen) atoms. The average molecular weight is 438 g/mol. The van der Waals surface area contributed by atoms with E-state index >= 15 is 0 Å². The van der Waals surface area contributed by atoms with Crippen LogP contribution >= 0.6 is 22.0 Å². The van der Waals surface area contributed by atoms with Gasteiger partial charge in [-0.1, -0.05) is 30.3 Å². The van der Waals surface area contributed by atoms with E-state index < -0.39 is 25.1 Å². The van der Waals surface area contributed by atoms with Crippen molar-refractivity contribution in [1.29, 1.82) is 0 Å². The molecule has 0 aliphatic rings. The number of thiophene rings is 1. The van der Waals surface area contributed by atoms with Gasteiger partial charge in [-0.2, -0.15) is 0 Å². The average Bonchev–Trinajstić information content (AvgIpc) is 3.05. The summed E-state index contributed by atoms with van der Waals surface area (Å²) in [5, 5.41) is 0. The summed E-state index contributed by atoms with van der Waals surface area (Å²) in [5.41, 5.74) is 1.03. The Hall–Kier alpha value is -0.970. The molecule has 1 aromatic heterocycles. The van der Waals surface area contributed by atoms with Gasteiger partial charge in [0.2, 0.25) is 10.0 Å². The molecule has 2 aromatic rings. The second kappa shape index (κ2) is 9.29. The summed E-state index contributed by atoms with van der Waals surface area (Å²) in [4.78, 5) is 0.577. The molecule has 1 unspecified atom stereocenters. The van der Waals surface area contributed by atoms with Crippen LogP contribution in [-0.2, 0) is 30.4 Å². The fourth-order valence-electron chi connectivity index (χ4n) is 2.20. The molecule has 0 fully saturated rings. The highest BCUT2D eigenvalue weighted by Crippen LogP contribution is 2.29. The third kappa shape index (κ3) is 6.98. The maximum Gasteiger partial charge on any atom is 0.270 e. The molecule has 1 atom stereocenters. The Morgan fingerprint density at radius 1 is 1.12 bits per heavy atom. The first kappa shape index (κ1) is 21.3. The van der Waals surface area contributed by atoms with Gasteiger partial charge in [0.1, 0.15) is 4.21 Å². The Labute approximate surface area is 162 Å².